The van der Waals surface area contributed by atoms with Crippen LogP contribution in [-0.4, -0.2) is 19.8 Å². The van der Waals surface area contributed by atoms with Gasteiger partial charge in [0.1, 0.15) is 5.82 Å². The van der Waals surface area contributed by atoms with E-state index in [-0.39, 0.29) is 17.9 Å². The fourth-order valence-corrected chi connectivity index (χ4v) is 1.77. The fraction of sp³-hybridized carbons (Fsp3) is 0.364. The molecule has 2 rings (SSSR count). The topological polar surface area (TPSA) is 47.6 Å². The summed E-state index contributed by atoms with van der Waals surface area (Å²) < 4.78 is 36.9. The molecule has 4 nitrogen and oxygen atoms in total. The molecule has 1 heterocycles. The number of benzene rings is 1. The first-order chi connectivity index (χ1) is 8.13. The van der Waals surface area contributed by atoms with Gasteiger partial charge in [0.25, 0.3) is 0 Å². The number of alkyl carbamates (subject to hydrolysis) is 1. The third kappa shape index (κ3) is 2.15. The van der Waals surface area contributed by atoms with Crippen molar-refractivity contribution in [2.75, 3.05) is 13.7 Å². The highest BCUT2D eigenvalue weighted by molar-refractivity contribution is 5.68. The molecule has 1 fully saturated rings. The summed E-state index contributed by atoms with van der Waals surface area (Å²) in [5.41, 5.74) is -0.194. The number of rotatable bonds is 2. The minimum atomic E-state index is -0.792. The van der Waals surface area contributed by atoms with Crippen LogP contribution in [0.3, 0.4) is 0 Å². The summed E-state index contributed by atoms with van der Waals surface area (Å²) in [6, 6.07) is 1.58. The Balaban J connectivity index is 2.39. The van der Waals surface area contributed by atoms with Crippen molar-refractivity contribution in [1.29, 1.82) is 0 Å². The summed E-state index contributed by atoms with van der Waals surface area (Å²) in [4.78, 5) is 11.0. The smallest absolute Gasteiger partial charge is 0.407 e. The molecule has 0 spiro atoms. The predicted octanol–water partition coefficient (Wildman–Crippen LogP) is 2.14. The Morgan fingerprint density at radius 3 is 2.88 bits per heavy atom. The van der Waals surface area contributed by atoms with E-state index in [1.54, 1.807) is 0 Å². The molecule has 92 valence electrons. The second-order valence-electron chi connectivity index (χ2n) is 3.60. The standard InChI is InChI=1S/C11H11F2NO3/c1-16-8-3-2-6(12)9(10(8)13)7-4-5-17-11(15)14-7/h2-3,7H,4-5H2,1H3,(H,14,15)/t7-/m0/s1. The van der Waals surface area contributed by atoms with Crippen LogP contribution in [0.1, 0.15) is 18.0 Å². The van der Waals surface area contributed by atoms with Crippen molar-refractivity contribution in [3.63, 3.8) is 0 Å². The zero-order valence-corrected chi connectivity index (χ0v) is 9.13. The minimum Gasteiger partial charge on any atom is -0.494 e. The van der Waals surface area contributed by atoms with Gasteiger partial charge in [0, 0.05) is 12.0 Å². The van der Waals surface area contributed by atoms with Crippen LogP contribution >= 0.6 is 0 Å². The average molecular weight is 243 g/mol. The summed E-state index contributed by atoms with van der Waals surface area (Å²) in [7, 11) is 1.29. The van der Waals surface area contributed by atoms with Crippen LogP contribution < -0.4 is 10.1 Å². The van der Waals surface area contributed by atoms with E-state index in [0.717, 1.165) is 6.07 Å². The summed E-state index contributed by atoms with van der Waals surface area (Å²) >= 11 is 0. The van der Waals surface area contributed by atoms with Gasteiger partial charge >= 0.3 is 6.09 Å². The molecule has 0 aromatic heterocycles. The highest BCUT2D eigenvalue weighted by Gasteiger charge is 2.27. The number of amides is 1. The van der Waals surface area contributed by atoms with Gasteiger partial charge < -0.3 is 14.8 Å². The molecular weight excluding hydrogens is 232 g/mol. The third-order valence-corrected chi connectivity index (χ3v) is 2.59. The van der Waals surface area contributed by atoms with Crippen molar-refractivity contribution in [1.82, 2.24) is 5.32 Å². The van der Waals surface area contributed by atoms with Gasteiger partial charge in [-0.1, -0.05) is 0 Å². The van der Waals surface area contributed by atoms with Crippen molar-refractivity contribution >= 4 is 6.09 Å². The zero-order valence-electron chi connectivity index (χ0n) is 9.13. The van der Waals surface area contributed by atoms with Gasteiger partial charge in [0.15, 0.2) is 11.6 Å². The molecule has 0 radical (unpaired) electrons. The molecule has 1 aliphatic heterocycles. The van der Waals surface area contributed by atoms with Crippen LogP contribution in [0.15, 0.2) is 12.1 Å². The van der Waals surface area contributed by atoms with Gasteiger partial charge in [-0.05, 0) is 12.1 Å². The lowest BCUT2D eigenvalue weighted by molar-refractivity contribution is 0.114. The Kier molecular flexibility index (Phi) is 3.12. The molecule has 1 aliphatic rings. The van der Waals surface area contributed by atoms with Crippen molar-refractivity contribution in [2.24, 2.45) is 0 Å². The average Bonchev–Trinajstić information content (AvgIpc) is 2.29. The van der Waals surface area contributed by atoms with E-state index in [2.05, 4.69) is 10.1 Å². The van der Waals surface area contributed by atoms with E-state index in [1.165, 1.54) is 13.2 Å². The van der Waals surface area contributed by atoms with E-state index in [4.69, 9.17) is 4.74 Å². The normalized spacial score (nSPS) is 19.5. The molecule has 0 bridgehead atoms. The Bertz CT molecular complexity index is 451. The lowest BCUT2D eigenvalue weighted by atomic mass is 10.0. The largest absolute Gasteiger partial charge is 0.494 e. The first kappa shape index (κ1) is 11.6. The number of methoxy groups -OCH3 is 1. The minimum absolute atomic E-state index is 0.0536. The molecule has 17 heavy (non-hydrogen) atoms. The molecule has 0 unspecified atom stereocenters. The van der Waals surface area contributed by atoms with Crippen molar-refractivity contribution in [3.05, 3.63) is 29.3 Å². The number of hydrogen-bond acceptors (Lipinski definition) is 3. The van der Waals surface area contributed by atoms with Gasteiger partial charge in [-0.3, -0.25) is 0 Å². The lowest BCUT2D eigenvalue weighted by Gasteiger charge is -2.24. The lowest BCUT2D eigenvalue weighted by Crippen LogP contribution is -2.36. The van der Waals surface area contributed by atoms with Crippen LogP contribution in [0.4, 0.5) is 13.6 Å². The maximum absolute atomic E-state index is 13.9. The third-order valence-electron chi connectivity index (χ3n) is 2.59. The number of hydrogen-bond donors (Lipinski definition) is 1. The summed E-state index contributed by atoms with van der Waals surface area (Å²) in [6.07, 6.45) is -0.366. The number of carbonyl (C=O) groups excluding carboxylic acids is 1. The Labute approximate surface area is 96.5 Å². The maximum Gasteiger partial charge on any atom is 0.407 e. The van der Waals surface area contributed by atoms with E-state index < -0.39 is 23.8 Å². The summed E-state index contributed by atoms with van der Waals surface area (Å²) in [5, 5.41) is 2.37. The van der Waals surface area contributed by atoms with Crippen LogP contribution in [0.25, 0.3) is 0 Å². The van der Waals surface area contributed by atoms with Gasteiger partial charge in [0.05, 0.1) is 19.8 Å². The second kappa shape index (κ2) is 4.57. The Morgan fingerprint density at radius 1 is 1.47 bits per heavy atom. The molecule has 1 aromatic carbocycles. The number of cyclic esters (lactones) is 1. The molecule has 0 saturated carbocycles. The molecule has 6 heteroatoms. The molecular formula is C11H11F2NO3. The van der Waals surface area contributed by atoms with Crippen molar-refractivity contribution < 1.29 is 23.0 Å². The summed E-state index contributed by atoms with van der Waals surface area (Å²) in [6.45, 7) is 0.132. The van der Waals surface area contributed by atoms with E-state index in [9.17, 15) is 13.6 Å². The number of halogens is 2. The van der Waals surface area contributed by atoms with Gasteiger partial charge in [-0.25, -0.2) is 13.6 Å². The highest BCUT2D eigenvalue weighted by Crippen LogP contribution is 2.30. The fourth-order valence-electron chi connectivity index (χ4n) is 1.77. The predicted molar refractivity (Wildman–Crippen MR) is 54.8 cm³/mol. The molecule has 1 atom stereocenters. The first-order valence-corrected chi connectivity index (χ1v) is 5.08. The zero-order chi connectivity index (χ0) is 12.4. The van der Waals surface area contributed by atoms with E-state index in [0.29, 0.717) is 6.42 Å². The quantitative estimate of drug-likeness (QED) is 0.865. The van der Waals surface area contributed by atoms with Crippen LogP contribution in [-0.2, 0) is 4.74 Å². The van der Waals surface area contributed by atoms with Gasteiger partial charge in [-0.15, -0.1) is 0 Å². The molecule has 1 saturated heterocycles. The SMILES string of the molecule is COc1ccc(F)c([C@@H]2CCOC(=O)N2)c1F. The van der Waals surface area contributed by atoms with E-state index >= 15 is 0 Å². The maximum atomic E-state index is 13.9. The summed E-state index contributed by atoms with van der Waals surface area (Å²) in [5.74, 6) is -1.56. The molecule has 1 aromatic rings. The number of carbonyl (C=O) groups is 1. The second-order valence-corrected chi connectivity index (χ2v) is 3.60. The Morgan fingerprint density at radius 2 is 2.24 bits per heavy atom. The first-order valence-electron chi connectivity index (χ1n) is 5.08. The monoisotopic (exact) mass is 243 g/mol. The highest BCUT2D eigenvalue weighted by atomic mass is 19.1. The molecule has 0 aliphatic carbocycles. The number of nitrogens with one attached hydrogen (secondary N) is 1. The van der Waals surface area contributed by atoms with Crippen LogP contribution in [0.5, 0.6) is 5.75 Å². The Hall–Kier alpha value is -1.85. The number of ether oxygens (including phenoxy) is 2. The van der Waals surface area contributed by atoms with Crippen LogP contribution in [0.2, 0.25) is 0 Å². The van der Waals surface area contributed by atoms with Gasteiger partial charge in [0.2, 0.25) is 0 Å². The van der Waals surface area contributed by atoms with E-state index in [1.807, 2.05) is 0 Å². The van der Waals surface area contributed by atoms with Gasteiger partial charge in [-0.2, -0.15) is 0 Å². The van der Waals surface area contributed by atoms with Crippen LogP contribution in [0, 0.1) is 11.6 Å². The van der Waals surface area contributed by atoms with Crippen molar-refractivity contribution in [2.45, 2.75) is 12.5 Å². The molecule has 1 N–H and O–H groups in total. The molecule has 1 amide bonds. The van der Waals surface area contributed by atoms with Crippen molar-refractivity contribution in [3.8, 4) is 5.75 Å².